The van der Waals surface area contributed by atoms with Crippen molar-refractivity contribution in [3.05, 3.63) is 72.2 Å². The number of ether oxygens (including phenoxy) is 1. The molecule has 3 unspecified atom stereocenters. The first-order valence-corrected chi connectivity index (χ1v) is 12.1. The van der Waals surface area contributed by atoms with E-state index in [1.807, 2.05) is 36.3 Å². The predicted molar refractivity (Wildman–Crippen MR) is 127 cm³/mol. The number of aliphatic hydroxyl groups excluding tert-OH is 1. The van der Waals surface area contributed by atoms with Crippen LogP contribution in [0.1, 0.15) is 31.4 Å². The van der Waals surface area contributed by atoms with E-state index in [-0.39, 0.29) is 11.7 Å². The van der Waals surface area contributed by atoms with Crippen molar-refractivity contribution in [2.45, 2.75) is 36.9 Å². The summed E-state index contributed by atoms with van der Waals surface area (Å²) in [5.41, 5.74) is 3.00. The number of carbonyl (C=O) groups is 1. The van der Waals surface area contributed by atoms with Gasteiger partial charge in [-0.3, -0.25) is 4.57 Å². The summed E-state index contributed by atoms with van der Waals surface area (Å²) in [4.78, 5) is 27.8. The molecule has 34 heavy (non-hydrogen) atoms. The Morgan fingerprint density at radius 3 is 2.38 bits per heavy atom. The van der Waals surface area contributed by atoms with Crippen LogP contribution >= 0.6 is 8.03 Å². The highest BCUT2D eigenvalue weighted by Crippen LogP contribution is 2.49. The minimum Gasteiger partial charge on any atom is -0.422 e. The number of carbonyl (C=O) groups excluding carboxylic acids is 1. The molecule has 1 aromatic heterocycles. The molecule has 2 N–H and O–H groups in total. The Morgan fingerprint density at radius 1 is 1.21 bits per heavy atom. The van der Waals surface area contributed by atoms with Gasteiger partial charge >= 0.3 is 5.97 Å². The highest BCUT2D eigenvalue weighted by molar-refractivity contribution is 7.42. The number of rotatable bonds is 7. The lowest BCUT2D eigenvalue weighted by atomic mass is 9.99. The Bertz CT molecular complexity index is 1280. The van der Waals surface area contributed by atoms with Gasteiger partial charge in [-0.25, -0.2) is 14.2 Å². The molecule has 1 heterocycles. The Balaban J connectivity index is 1.92. The molecule has 174 valence electrons. The second kappa shape index (κ2) is 9.52. The zero-order valence-corrected chi connectivity index (χ0v) is 19.4. The summed E-state index contributed by atoms with van der Waals surface area (Å²) in [6.07, 6.45) is 5.46. The van der Waals surface area contributed by atoms with E-state index in [1.54, 1.807) is 18.2 Å². The molecule has 0 saturated heterocycles. The van der Waals surface area contributed by atoms with Crippen LogP contribution in [0.3, 0.4) is 0 Å². The van der Waals surface area contributed by atoms with E-state index in [4.69, 9.17) is 16.1 Å². The fraction of sp³-hybridized carbons (Fsp3) is 0.231. The molecule has 6 nitrogen and oxygen atoms in total. The van der Waals surface area contributed by atoms with Crippen molar-refractivity contribution in [1.82, 2.24) is 4.98 Å². The highest BCUT2D eigenvalue weighted by atomic mass is 31.1. The van der Waals surface area contributed by atoms with Crippen molar-refractivity contribution in [1.29, 1.82) is 0 Å². The van der Waals surface area contributed by atoms with E-state index < -0.39 is 31.1 Å². The van der Waals surface area contributed by atoms with Crippen molar-refractivity contribution >= 4 is 14.0 Å². The number of terminal acetylenes is 1. The monoisotopic (exact) mass is 479 g/mol. The molecule has 3 atom stereocenters. The average Bonchev–Trinajstić information content (AvgIpc) is 3.66. The van der Waals surface area contributed by atoms with Crippen LogP contribution in [0.4, 0.5) is 4.39 Å². The Hall–Kier alpha value is -3.30. The SMILES string of the molecule is C#CC(C(=O)Oc1c(-c2ccc(F)cc2)cc(-c2ccccc2)nc1C1CC1)(C(C)O)[PH](=O)O. The Morgan fingerprint density at radius 2 is 1.85 bits per heavy atom. The summed E-state index contributed by atoms with van der Waals surface area (Å²) >= 11 is 0. The molecular formula is C26H23FNO5P. The van der Waals surface area contributed by atoms with Gasteiger partial charge in [-0.2, -0.15) is 0 Å². The summed E-state index contributed by atoms with van der Waals surface area (Å²) in [6, 6.07) is 16.8. The van der Waals surface area contributed by atoms with Gasteiger partial charge in [-0.15, -0.1) is 6.42 Å². The molecule has 0 radical (unpaired) electrons. The molecule has 1 saturated carbocycles. The summed E-state index contributed by atoms with van der Waals surface area (Å²) in [7, 11) is -3.73. The lowest BCUT2D eigenvalue weighted by molar-refractivity contribution is -0.138. The zero-order valence-electron chi connectivity index (χ0n) is 18.4. The van der Waals surface area contributed by atoms with Gasteiger partial charge in [0.05, 0.1) is 17.5 Å². The third-order valence-electron chi connectivity index (χ3n) is 5.90. The van der Waals surface area contributed by atoms with Gasteiger partial charge < -0.3 is 14.7 Å². The summed E-state index contributed by atoms with van der Waals surface area (Å²) in [6.45, 7) is 1.17. The van der Waals surface area contributed by atoms with E-state index >= 15 is 0 Å². The van der Waals surface area contributed by atoms with E-state index in [0.29, 0.717) is 22.5 Å². The number of aromatic nitrogens is 1. The van der Waals surface area contributed by atoms with Crippen LogP contribution in [0.15, 0.2) is 60.7 Å². The van der Waals surface area contributed by atoms with Gasteiger partial charge in [0.1, 0.15) is 5.82 Å². The van der Waals surface area contributed by atoms with Gasteiger partial charge in [-0.05, 0) is 43.5 Å². The first-order chi connectivity index (χ1) is 16.3. The topological polar surface area (TPSA) is 96.7 Å². The Kier molecular flexibility index (Phi) is 6.67. The molecule has 1 aliphatic carbocycles. The summed E-state index contributed by atoms with van der Waals surface area (Å²) in [5.74, 6) is 0.452. The molecule has 0 spiro atoms. The van der Waals surface area contributed by atoms with Crippen molar-refractivity contribution in [3.8, 4) is 40.5 Å². The van der Waals surface area contributed by atoms with Gasteiger partial charge in [0.2, 0.25) is 13.2 Å². The quantitative estimate of drug-likeness (QED) is 0.293. The largest absolute Gasteiger partial charge is 0.422 e. The van der Waals surface area contributed by atoms with Gasteiger partial charge in [0.25, 0.3) is 0 Å². The van der Waals surface area contributed by atoms with E-state index in [1.165, 1.54) is 19.1 Å². The first kappa shape index (κ1) is 23.8. The minimum atomic E-state index is -3.73. The van der Waals surface area contributed by atoms with Gasteiger partial charge in [0, 0.05) is 17.0 Å². The van der Waals surface area contributed by atoms with Crippen molar-refractivity contribution < 1.29 is 28.5 Å². The maximum atomic E-state index is 13.6. The van der Waals surface area contributed by atoms with Crippen LogP contribution in [0.5, 0.6) is 5.75 Å². The number of aliphatic hydroxyl groups is 1. The van der Waals surface area contributed by atoms with Crippen LogP contribution in [0.2, 0.25) is 0 Å². The molecule has 8 heteroatoms. The molecule has 4 rings (SSSR count). The number of pyridine rings is 1. The molecule has 1 fully saturated rings. The standard InChI is InChI=1S/C26H23FNO5P/c1-3-26(16(2)29,34(31)32)25(30)33-24-21(17-11-13-20(27)14-12-17)15-22(18-7-5-4-6-8-18)28-23(24)19-9-10-19/h1,4-8,11-16,19,29,34H,9-10H2,2H3,(H,31,32). The predicted octanol–water partition coefficient (Wildman–Crippen LogP) is 4.56. The molecular weight excluding hydrogens is 456 g/mol. The second-order valence-corrected chi connectivity index (χ2v) is 9.64. The molecule has 0 bridgehead atoms. The van der Waals surface area contributed by atoms with Crippen LogP contribution < -0.4 is 4.74 Å². The van der Waals surface area contributed by atoms with Crippen molar-refractivity contribution in [3.63, 3.8) is 0 Å². The number of halogens is 1. The van der Waals surface area contributed by atoms with Crippen LogP contribution in [-0.2, 0) is 9.36 Å². The molecule has 3 aromatic rings. The first-order valence-electron chi connectivity index (χ1n) is 10.8. The number of nitrogens with zero attached hydrogens (tertiary/aromatic N) is 1. The van der Waals surface area contributed by atoms with Gasteiger partial charge in [0.15, 0.2) is 5.75 Å². The number of hydrogen-bond acceptors (Lipinski definition) is 5. The van der Waals surface area contributed by atoms with Crippen LogP contribution in [0.25, 0.3) is 22.4 Å². The smallest absolute Gasteiger partial charge is 0.342 e. The average molecular weight is 479 g/mol. The minimum absolute atomic E-state index is 0.0172. The normalized spacial score (nSPS) is 16.7. The van der Waals surface area contributed by atoms with Crippen molar-refractivity contribution in [2.24, 2.45) is 0 Å². The fourth-order valence-electron chi connectivity index (χ4n) is 3.75. The zero-order chi connectivity index (χ0) is 24.5. The lowest BCUT2D eigenvalue weighted by Gasteiger charge is -2.27. The van der Waals surface area contributed by atoms with E-state index in [2.05, 4.69) is 0 Å². The summed E-state index contributed by atoms with van der Waals surface area (Å²) < 4.78 is 31.5. The van der Waals surface area contributed by atoms with Crippen LogP contribution in [0, 0.1) is 18.2 Å². The maximum Gasteiger partial charge on any atom is 0.342 e. The van der Waals surface area contributed by atoms with Crippen LogP contribution in [-0.4, -0.2) is 32.2 Å². The Labute approximate surface area is 197 Å². The summed E-state index contributed by atoms with van der Waals surface area (Å²) in [5, 5.41) is 7.73. The number of esters is 1. The molecule has 1 aliphatic rings. The molecule has 0 amide bonds. The molecule has 2 aromatic carbocycles. The maximum absolute atomic E-state index is 13.6. The lowest BCUT2D eigenvalue weighted by Crippen LogP contribution is -2.46. The highest BCUT2D eigenvalue weighted by Gasteiger charge is 2.50. The van der Waals surface area contributed by atoms with E-state index in [0.717, 1.165) is 18.4 Å². The number of hydrogen-bond donors (Lipinski definition) is 2. The van der Waals surface area contributed by atoms with E-state index in [9.17, 15) is 23.7 Å². The third-order valence-corrected chi connectivity index (χ3v) is 7.34. The van der Waals surface area contributed by atoms with Gasteiger partial charge in [-0.1, -0.05) is 48.4 Å². The fourth-order valence-corrected chi connectivity index (χ4v) is 4.45. The van der Waals surface area contributed by atoms with Crippen molar-refractivity contribution in [2.75, 3.05) is 0 Å². The second-order valence-electron chi connectivity index (χ2n) is 8.24. The molecule has 0 aliphatic heterocycles. The third kappa shape index (κ3) is 4.41. The number of benzene rings is 2.